The predicted octanol–water partition coefficient (Wildman–Crippen LogP) is 5.90. The fourth-order valence-corrected chi connectivity index (χ4v) is 4.21. The summed E-state index contributed by atoms with van der Waals surface area (Å²) in [5.74, 6) is -0.120. The number of carbonyl (C=O) groups excluding carboxylic acids is 1. The minimum atomic E-state index is -0.120. The van der Waals surface area contributed by atoms with Gasteiger partial charge >= 0.3 is 0 Å². The van der Waals surface area contributed by atoms with Crippen LogP contribution in [0.3, 0.4) is 0 Å². The lowest BCUT2D eigenvalue weighted by Crippen LogP contribution is -2.14. The number of anilines is 1. The molecule has 0 unspecified atom stereocenters. The van der Waals surface area contributed by atoms with E-state index in [1.165, 1.54) is 0 Å². The molecule has 4 nitrogen and oxygen atoms in total. The Morgan fingerprint density at radius 3 is 2.55 bits per heavy atom. The third kappa shape index (κ3) is 3.46. The molecule has 0 aliphatic heterocycles. The molecule has 0 atom stereocenters. The van der Waals surface area contributed by atoms with Gasteiger partial charge < -0.3 is 9.73 Å². The van der Waals surface area contributed by atoms with Crippen LogP contribution in [0.4, 0.5) is 5.69 Å². The molecular weight excluding hydrogens is 386 g/mol. The first-order valence-electron chi connectivity index (χ1n) is 10.2. The van der Waals surface area contributed by atoms with Crippen LogP contribution in [-0.2, 0) is 11.2 Å². The molecule has 0 bridgehead atoms. The topological polar surface area (TPSA) is 59.3 Å². The summed E-state index contributed by atoms with van der Waals surface area (Å²) in [6.07, 6.45) is 0.263. The van der Waals surface area contributed by atoms with Crippen molar-refractivity contribution in [3.63, 3.8) is 0 Å². The van der Waals surface area contributed by atoms with Gasteiger partial charge in [-0.2, -0.15) is 0 Å². The number of benzene rings is 4. The smallest absolute Gasteiger partial charge is 0.228 e. The highest BCUT2D eigenvalue weighted by Gasteiger charge is 2.12. The second-order valence-electron chi connectivity index (χ2n) is 7.96. The minimum absolute atomic E-state index is 0.0586. The lowest BCUT2D eigenvalue weighted by atomic mass is 10.0. The molecule has 0 spiro atoms. The lowest BCUT2D eigenvalue weighted by molar-refractivity contribution is -0.115. The van der Waals surface area contributed by atoms with Crippen LogP contribution in [0.2, 0.25) is 0 Å². The Labute approximate surface area is 179 Å². The molecule has 0 saturated carbocycles. The van der Waals surface area contributed by atoms with E-state index < -0.39 is 0 Å². The van der Waals surface area contributed by atoms with Gasteiger partial charge in [0, 0.05) is 11.8 Å². The van der Waals surface area contributed by atoms with Gasteiger partial charge in [-0.1, -0.05) is 48.5 Å². The molecule has 4 aromatic carbocycles. The van der Waals surface area contributed by atoms with Crippen molar-refractivity contribution in [3.05, 3.63) is 99.7 Å². The van der Waals surface area contributed by atoms with Gasteiger partial charge in [0.1, 0.15) is 11.2 Å². The predicted molar refractivity (Wildman–Crippen MR) is 126 cm³/mol. The molecule has 152 valence electrons. The zero-order chi connectivity index (χ0) is 21.5. The Morgan fingerprint density at radius 1 is 0.871 bits per heavy atom. The van der Waals surface area contributed by atoms with Gasteiger partial charge in [-0.25, -0.2) is 0 Å². The summed E-state index contributed by atoms with van der Waals surface area (Å²) in [6, 6.07) is 23.0. The Hall–Kier alpha value is -3.92. The molecular formula is C27H21NO3. The van der Waals surface area contributed by atoms with Gasteiger partial charge in [-0.15, -0.1) is 0 Å². The van der Waals surface area contributed by atoms with Crippen LogP contribution in [0.5, 0.6) is 0 Å². The fourth-order valence-electron chi connectivity index (χ4n) is 4.21. The number of nitrogens with one attached hydrogen (secondary N) is 1. The van der Waals surface area contributed by atoms with Gasteiger partial charge in [0.2, 0.25) is 11.3 Å². The fraction of sp³-hybridized carbons (Fsp3) is 0.111. The van der Waals surface area contributed by atoms with Crippen LogP contribution < -0.4 is 10.7 Å². The first-order valence-corrected chi connectivity index (χ1v) is 10.2. The Balaban J connectivity index is 1.48. The van der Waals surface area contributed by atoms with Gasteiger partial charge in [-0.3, -0.25) is 9.59 Å². The molecule has 5 rings (SSSR count). The van der Waals surface area contributed by atoms with E-state index in [1.807, 2.05) is 68.4 Å². The number of hydrogen-bond donors (Lipinski definition) is 1. The van der Waals surface area contributed by atoms with Crippen LogP contribution in [0.15, 0.2) is 82.0 Å². The molecule has 0 radical (unpaired) electrons. The van der Waals surface area contributed by atoms with Crippen molar-refractivity contribution in [2.75, 3.05) is 5.32 Å². The van der Waals surface area contributed by atoms with Crippen molar-refractivity contribution in [2.45, 2.75) is 20.3 Å². The maximum atomic E-state index is 12.9. The van der Waals surface area contributed by atoms with E-state index in [4.69, 9.17) is 4.42 Å². The standard InChI is InChI=1S/C27H21NO3/c1-16-12-17(2)27-23(13-16)26(30)22-11-10-20(15-24(22)31-27)28-25(29)14-19-8-5-7-18-6-3-4-9-21(18)19/h3-13,15H,14H2,1-2H3,(H,28,29). The quantitative estimate of drug-likeness (QED) is 0.379. The zero-order valence-corrected chi connectivity index (χ0v) is 17.4. The molecule has 0 saturated heterocycles. The Kier molecular flexibility index (Phi) is 4.55. The summed E-state index contributed by atoms with van der Waals surface area (Å²) in [5.41, 5.74) is 4.50. The molecule has 31 heavy (non-hydrogen) atoms. The molecule has 0 fully saturated rings. The molecule has 4 heteroatoms. The molecule has 1 amide bonds. The van der Waals surface area contributed by atoms with Crippen LogP contribution in [0.1, 0.15) is 16.7 Å². The van der Waals surface area contributed by atoms with Crippen LogP contribution in [-0.4, -0.2) is 5.91 Å². The van der Waals surface area contributed by atoms with Crippen molar-refractivity contribution in [1.82, 2.24) is 0 Å². The van der Waals surface area contributed by atoms with Gasteiger partial charge in [0.25, 0.3) is 0 Å². The van der Waals surface area contributed by atoms with E-state index >= 15 is 0 Å². The molecule has 1 aromatic heterocycles. The zero-order valence-electron chi connectivity index (χ0n) is 17.4. The molecule has 1 N–H and O–H groups in total. The van der Waals surface area contributed by atoms with Gasteiger partial charge in [0.15, 0.2) is 0 Å². The highest BCUT2D eigenvalue weighted by Crippen LogP contribution is 2.25. The number of amides is 1. The van der Waals surface area contributed by atoms with Crippen molar-refractivity contribution in [2.24, 2.45) is 0 Å². The van der Waals surface area contributed by atoms with Crippen LogP contribution in [0.25, 0.3) is 32.7 Å². The van der Waals surface area contributed by atoms with Crippen LogP contribution in [0, 0.1) is 13.8 Å². The third-order valence-electron chi connectivity index (χ3n) is 5.62. The summed E-state index contributed by atoms with van der Waals surface area (Å²) >= 11 is 0. The third-order valence-corrected chi connectivity index (χ3v) is 5.62. The number of fused-ring (bicyclic) bond motifs is 3. The van der Waals surface area contributed by atoms with Gasteiger partial charge in [-0.05, 0) is 59.5 Å². The maximum absolute atomic E-state index is 12.9. The number of aryl methyl sites for hydroxylation is 2. The summed E-state index contributed by atoms with van der Waals surface area (Å²) < 4.78 is 6.06. The minimum Gasteiger partial charge on any atom is -0.455 e. The number of rotatable bonds is 3. The van der Waals surface area contributed by atoms with E-state index in [1.54, 1.807) is 18.2 Å². The molecule has 0 aliphatic rings. The SMILES string of the molecule is Cc1cc(C)c2oc3cc(NC(=O)Cc4cccc5ccccc45)ccc3c(=O)c2c1. The summed E-state index contributed by atoms with van der Waals surface area (Å²) in [7, 11) is 0. The van der Waals surface area contributed by atoms with Gasteiger partial charge in [0.05, 0.1) is 17.2 Å². The van der Waals surface area contributed by atoms with Crippen LogP contribution >= 0.6 is 0 Å². The first kappa shape index (κ1) is 19.1. The van der Waals surface area contributed by atoms with E-state index in [0.29, 0.717) is 27.6 Å². The van der Waals surface area contributed by atoms with E-state index in [0.717, 1.165) is 27.5 Å². The second kappa shape index (κ2) is 7.40. The average molecular weight is 407 g/mol. The first-order chi connectivity index (χ1) is 15.0. The monoisotopic (exact) mass is 407 g/mol. The van der Waals surface area contributed by atoms with Crippen molar-refractivity contribution < 1.29 is 9.21 Å². The summed E-state index contributed by atoms with van der Waals surface area (Å²) in [6.45, 7) is 3.89. The second-order valence-corrected chi connectivity index (χ2v) is 7.96. The largest absolute Gasteiger partial charge is 0.455 e. The lowest BCUT2D eigenvalue weighted by Gasteiger charge is -2.10. The summed E-state index contributed by atoms with van der Waals surface area (Å²) in [5, 5.41) is 6.20. The molecule has 1 heterocycles. The van der Waals surface area contributed by atoms with Crippen molar-refractivity contribution in [3.8, 4) is 0 Å². The van der Waals surface area contributed by atoms with E-state index in [9.17, 15) is 9.59 Å². The average Bonchev–Trinajstić information content (AvgIpc) is 2.75. The van der Waals surface area contributed by atoms with E-state index in [-0.39, 0.29) is 17.8 Å². The van der Waals surface area contributed by atoms with E-state index in [2.05, 4.69) is 5.32 Å². The normalized spacial score (nSPS) is 11.3. The Morgan fingerprint density at radius 2 is 1.68 bits per heavy atom. The molecule has 0 aliphatic carbocycles. The maximum Gasteiger partial charge on any atom is 0.228 e. The summed E-state index contributed by atoms with van der Waals surface area (Å²) in [4.78, 5) is 25.7. The van der Waals surface area contributed by atoms with Crippen molar-refractivity contribution >= 4 is 44.3 Å². The Bertz CT molecular complexity index is 1540. The van der Waals surface area contributed by atoms with Crippen molar-refractivity contribution in [1.29, 1.82) is 0 Å². The highest BCUT2D eigenvalue weighted by molar-refractivity contribution is 5.98. The number of carbonyl (C=O) groups is 1. The number of hydrogen-bond acceptors (Lipinski definition) is 3. The highest BCUT2D eigenvalue weighted by atomic mass is 16.3. The molecule has 5 aromatic rings.